The van der Waals surface area contributed by atoms with E-state index in [2.05, 4.69) is 10.6 Å². The van der Waals surface area contributed by atoms with Gasteiger partial charge >= 0.3 is 17.8 Å². The monoisotopic (exact) mass is 260 g/mol. The molecule has 8 heteroatoms. The lowest BCUT2D eigenvalue weighted by molar-refractivity contribution is -0.150. The lowest BCUT2D eigenvalue weighted by Crippen LogP contribution is -2.39. The minimum atomic E-state index is -1.56. The van der Waals surface area contributed by atoms with Gasteiger partial charge < -0.3 is 20.8 Å². The van der Waals surface area contributed by atoms with Crippen molar-refractivity contribution in [2.24, 2.45) is 0 Å². The molecule has 0 heterocycles. The van der Waals surface area contributed by atoms with E-state index in [0.29, 0.717) is 12.8 Å². The average Bonchev–Trinajstić information content (AvgIpc) is 2.25. The number of aliphatic carboxylic acids is 2. The first-order valence-electron chi connectivity index (χ1n) is 5.35. The molecular weight excluding hydrogens is 244 g/mol. The Morgan fingerprint density at radius 3 is 2.17 bits per heavy atom. The lowest BCUT2D eigenvalue weighted by Gasteiger charge is -2.12. The summed E-state index contributed by atoms with van der Waals surface area (Å²) in [6.07, 6.45) is 1.09. The van der Waals surface area contributed by atoms with Crippen molar-refractivity contribution in [1.82, 2.24) is 10.6 Å². The van der Waals surface area contributed by atoms with E-state index in [4.69, 9.17) is 10.2 Å². The largest absolute Gasteiger partial charge is 0.480 e. The van der Waals surface area contributed by atoms with Crippen molar-refractivity contribution in [3.8, 4) is 0 Å². The number of amides is 2. The average molecular weight is 260 g/mol. The zero-order valence-corrected chi connectivity index (χ0v) is 9.93. The van der Waals surface area contributed by atoms with Crippen molar-refractivity contribution in [3.63, 3.8) is 0 Å². The molecule has 0 aromatic heterocycles. The SMILES string of the molecule is CC(=O)N[C@@H](CCCCNC(=O)C(=O)O)C(=O)O. The number of rotatable bonds is 7. The van der Waals surface area contributed by atoms with Gasteiger partial charge in [-0.05, 0) is 19.3 Å². The molecule has 0 fully saturated rings. The maximum atomic E-state index is 10.7. The molecule has 0 aromatic carbocycles. The first-order chi connectivity index (χ1) is 8.34. The van der Waals surface area contributed by atoms with Crippen LogP contribution in [0.15, 0.2) is 0 Å². The summed E-state index contributed by atoms with van der Waals surface area (Å²) >= 11 is 0. The van der Waals surface area contributed by atoms with Crippen molar-refractivity contribution in [2.75, 3.05) is 6.54 Å². The number of hydrogen-bond acceptors (Lipinski definition) is 4. The van der Waals surface area contributed by atoms with Crippen molar-refractivity contribution < 1.29 is 29.4 Å². The molecule has 102 valence electrons. The Morgan fingerprint density at radius 2 is 1.72 bits per heavy atom. The summed E-state index contributed by atoms with van der Waals surface area (Å²) < 4.78 is 0. The van der Waals surface area contributed by atoms with E-state index in [9.17, 15) is 19.2 Å². The van der Waals surface area contributed by atoms with E-state index in [0.717, 1.165) is 0 Å². The second kappa shape index (κ2) is 8.04. The number of hydrogen-bond donors (Lipinski definition) is 4. The van der Waals surface area contributed by atoms with Crippen molar-refractivity contribution in [3.05, 3.63) is 0 Å². The predicted molar refractivity (Wildman–Crippen MR) is 59.7 cm³/mol. The van der Waals surface area contributed by atoms with Gasteiger partial charge in [-0.3, -0.25) is 9.59 Å². The highest BCUT2D eigenvalue weighted by atomic mass is 16.4. The van der Waals surface area contributed by atoms with Crippen LogP contribution in [0.5, 0.6) is 0 Å². The molecule has 8 nitrogen and oxygen atoms in total. The maximum Gasteiger partial charge on any atom is 0.394 e. The van der Waals surface area contributed by atoms with Gasteiger partial charge in [-0.15, -0.1) is 0 Å². The van der Waals surface area contributed by atoms with Gasteiger partial charge in [0, 0.05) is 13.5 Å². The summed E-state index contributed by atoms with van der Waals surface area (Å²) in [4.78, 5) is 42.2. The Bertz CT molecular complexity index is 341. The molecule has 2 amide bonds. The van der Waals surface area contributed by atoms with E-state index >= 15 is 0 Å². The van der Waals surface area contributed by atoms with Crippen LogP contribution in [0, 0.1) is 0 Å². The predicted octanol–water partition coefficient (Wildman–Crippen LogP) is -1.05. The minimum absolute atomic E-state index is 0.150. The number of carbonyl (C=O) groups excluding carboxylic acids is 2. The summed E-state index contributed by atoms with van der Waals surface area (Å²) in [6, 6.07) is -0.960. The molecule has 0 spiro atoms. The molecule has 4 N–H and O–H groups in total. The van der Waals surface area contributed by atoms with Crippen molar-refractivity contribution in [1.29, 1.82) is 0 Å². The second-order valence-corrected chi connectivity index (χ2v) is 3.65. The Kier molecular flexibility index (Phi) is 7.10. The molecule has 0 saturated heterocycles. The van der Waals surface area contributed by atoms with E-state index in [1.165, 1.54) is 6.92 Å². The van der Waals surface area contributed by atoms with Gasteiger partial charge in [0.2, 0.25) is 5.91 Å². The van der Waals surface area contributed by atoms with Gasteiger partial charge in [0.1, 0.15) is 6.04 Å². The highest BCUT2D eigenvalue weighted by Gasteiger charge is 2.17. The number of carbonyl (C=O) groups is 4. The molecule has 0 aromatic rings. The zero-order valence-electron chi connectivity index (χ0n) is 9.93. The van der Waals surface area contributed by atoms with Crippen LogP contribution in [0.1, 0.15) is 26.2 Å². The maximum absolute atomic E-state index is 10.7. The van der Waals surface area contributed by atoms with E-state index < -0.39 is 29.8 Å². The summed E-state index contributed by atoms with van der Waals surface area (Å²) in [5, 5.41) is 21.5. The van der Waals surface area contributed by atoms with Crippen LogP contribution in [0.3, 0.4) is 0 Å². The molecule has 1 atom stereocenters. The smallest absolute Gasteiger partial charge is 0.394 e. The van der Waals surface area contributed by atoms with Gasteiger partial charge in [-0.25, -0.2) is 9.59 Å². The van der Waals surface area contributed by atoms with Crippen LogP contribution in [0.25, 0.3) is 0 Å². The number of nitrogens with one attached hydrogen (secondary N) is 2. The fourth-order valence-corrected chi connectivity index (χ4v) is 1.25. The Labute approximate surface area is 103 Å². The lowest BCUT2D eigenvalue weighted by atomic mass is 10.1. The van der Waals surface area contributed by atoms with Gasteiger partial charge in [0.05, 0.1) is 0 Å². The topological polar surface area (TPSA) is 133 Å². The van der Waals surface area contributed by atoms with E-state index in [-0.39, 0.29) is 13.0 Å². The van der Waals surface area contributed by atoms with Crippen LogP contribution in [-0.4, -0.2) is 46.6 Å². The standard InChI is InChI=1S/C10H16N2O6/c1-6(13)12-7(9(15)16)4-2-3-5-11-8(14)10(17)18/h7H,2-5H2,1H3,(H,11,14)(H,12,13)(H,15,16)(H,17,18)/t7-/m0/s1. The number of carboxylic acid groups (broad SMARTS) is 2. The first kappa shape index (κ1) is 15.9. The van der Waals surface area contributed by atoms with Crippen LogP contribution >= 0.6 is 0 Å². The third kappa shape index (κ3) is 7.20. The third-order valence-corrected chi connectivity index (χ3v) is 2.07. The zero-order chi connectivity index (χ0) is 14.1. The minimum Gasteiger partial charge on any atom is -0.480 e. The molecule has 0 aliphatic carbocycles. The molecule has 0 rings (SSSR count). The van der Waals surface area contributed by atoms with Crippen LogP contribution in [-0.2, 0) is 19.2 Å². The fourth-order valence-electron chi connectivity index (χ4n) is 1.25. The molecule has 0 unspecified atom stereocenters. The summed E-state index contributed by atoms with van der Waals surface area (Å²) in [7, 11) is 0. The number of unbranched alkanes of at least 4 members (excludes halogenated alkanes) is 1. The molecule has 0 bridgehead atoms. The normalized spacial score (nSPS) is 11.4. The third-order valence-electron chi connectivity index (χ3n) is 2.07. The summed E-state index contributed by atoms with van der Waals surface area (Å²) in [5.74, 6) is -4.20. The van der Waals surface area contributed by atoms with Crippen molar-refractivity contribution in [2.45, 2.75) is 32.2 Å². The molecule has 0 aliphatic heterocycles. The van der Waals surface area contributed by atoms with Gasteiger partial charge in [0.25, 0.3) is 0 Å². The summed E-state index contributed by atoms with van der Waals surface area (Å²) in [5.41, 5.74) is 0. The first-order valence-corrected chi connectivity index (χ1v) is 5.35. The van der Waals surface area contributed by atoms with Gasteiger partial charge in [-0.2, -0.15) is 0 Å². The Hall–Kier alpha value is -2.12. The molecule has 0 aliphatic rings. The Morgan fingerprint density at radius 1 is 1.11 bits per heavy atom. The number of carboxylic acids is 2. The molecule has 0 radical (unpaired) electrons. The van der Waals surface area contributed by atoms with Crippen molar-refractivity contribution >= 4 is 23.8 Å². The summed E-state index contributed by atoms with van der Waals surface area (Å²) in [6.45, 7) is 1.38. The van der Waals surface area contributed by atoms with Crippen LogP contribution in [0.2, 0.25) is 0 Å². The van der Waals surface area contributed by atoms with Gasteiger partial charge in [-0.1, -0.05) is 0 Å². The van der Waals surface area contributed by atoms with E-state index in [1.54, 1.807) is 0 Å². The second-order valence-electron chi connectivity index (χ2n) is 3.65. The van der Waals surface area contributed by atoms with Crippen LogP contribution < -0.4 is 10.6 Å². The highest BCUT2D eigenvalue weighted by molar-refractivity contribution is 6.31. The van der Waals surface area contributed by atoms with Crippen LogP contribution in [0.4, 0.5) is 0 Å². The highest BCUT2D eigenvalue weighted by Crippen LogP contribution is 2.01. The van der Waals surface area contributed by atoms with E-state index in [1.807, 2.05) is 0 Å². The Balaban J connectivity index is 3.80. The molecule has 0 saturated carbocycles. The van der Waals surface area contributed by atoms with Gasteiger partial charge in [0.15, 0.2) is 0 Å². The fraction of sp³-hybridized carbons (Fsp3) is 0.600. The molecule has 18 heavy (non-hydrogen) atoms. The molecular formula is C10H16N2O6. The quantitative estimate of drug-likeness (QED) is 0.341.